The molecule has 0 aliphatic carbocycles. The summed E-state index contributed by atoms with van der Waals surface area (Å²) in [4.78, 5) is 23.5. The Balaban J connectivity index is 1.91. The van der Waals surface area contributed by atoms with Crippen LogP contribution in [0.4, 0.5) is 0 Å². The van der Waals surface area contributed by atoms with Crippen molar-refractivity contribution >= 4 is 11.9 Å². The van der Waals surface area contributed by atoms with Crippen LogP contribution in [0.25, 0.3) is 0 Å². The van der Waals surface area contributed by atoms with E-state index < -0.39 is 11.4 Å². The molecule has 3 N–H and O–H groups in total. The number of amides is 1. The normalized spacial score (nSPS) is 29.9. The van der Waals surface area contributed by atoms with E-state index in [1.54, 1.807) is 0 Å². The monoisotopic (exact) mass is 270 g/mol. The van der Waals surface area contributed by atoms with Crippen LogP contribution >= 0.6 is 0 Å². The highest BCUT2D eigenvalue weighted by Gasteiger charge is 2.41. The summed E-state index contributed by atoms with van der Waals surface area (Å²) in [7, 11) is 0. The van der Waals surface area contributed by atoms with Crippen molar-refractivity contribution in [2.24, 2.45) is 17.3 Å². The van der Waals surface area contributed by atoms with Gasteiger partial charge in [-0.15, -0.1) is 0 Å². The van der Waals surface area contributed by atoms with E-state index in [1.165, 1.54) is 0 Å². The average Bonchev–Trinajstić information content (AvgIpc) is 2.83. The second kappa shape index (κ2) is 5.88. The lowest BCUT2D eigenvalue weighted by Crippen LogP contribution is -2.48. The van der Waals surface area contributed by atoms with Crippen LogP contribution in [0.5, 0.6) is 0 Å². The molecule has 0 spiro atoms. The van der Waals surface area contributed by atoms with Gasteiger partial charge in [0.05, 0.1) is 11.3 Å². The first kappa shape index (κ1) is 14.3. The zero-order chi connectivity index (χ0) is 13.9. The highest BCUT2D eigenvalue weighted by Crippen LogP contribution is 2.30. The summed E-state index contributed by atoms with van der Waals surface area (Å²) in [5.74, 6) is -0.625. The maximum absolute atomic E-state index is 12.1. The van der Waals surface area contributed by atoms with Crippen molar-refractivity contribution in [1.82, 2.24) is 10.6 Å². The van der Waals surface area contributed by atoms with E-state index in [2.05, 4.69) is 10.6 Å². The predicted molar refractivity (Wildman–Crippen MR) is 68.7 cm³/mol. The molecule has 2 aliphatic rings. The third kappa shape index (κ3) is 3.06. The Morgan fingerprint density at radius 2 is 2.05 bits per heavy atom. The Morgan fingerprint density at radius 1 is 1.37 bits per heavy atom. The summed E-state index contributed by atoms with van der Waals surface area (Å²) in [6, 6.07) is 0. The van der Waals surface area contributed by atoms with E-state index in [9.17, 15) is 14.7 Å². The minimum atomic E-state index is -0.858. The van der Waals surface area contributed by atoms with Gasteiger partial charge in [0.1, 0.15) is 0 Å². The molecule has 0 bridgehead atoms. The predicted octanol–water partition coefficient (Wildman–Crippen LogP) is -0.160. The van der Waals surface area contributed by atoms with Crippen LogP contribution in [0.15, 0.2) is 0 Å². The molecule has 2 saturated heterocycles. The Kier molecular flexibility index (Phi) is 4.42. The highest BCUT2D eigenvalue weighted by molar-refractivity contribution is 5.81. The average molecular weight is 270 g/mol. The van der Waals surface area contributed by atoms with Gasteiger partial charge in [-0.1, -0.05) is 6.92 Å². The fraction of sp³-hybridized carbons (Fsp3) is 0.846. The molecule has 2 fully saturated rings. The first-order valence-corrected chi connectivity index (χ1v) is 6.85. The number of aliphatic carboxylic acids is 1. The molecule has 2 unspecified atom stereocenters. The van der Waals surface area contributed by atoms with Crippen molar-refractivity contribution < 1.29 is 19.4 Å². The van der Waals surface area contributed by atoms with Gasteiger partial charge in [0, 0.05) is 26.3 Å². The SMILES string of the molecule is CC1CNCC1C(=O)NCC1(C(=O)O)CCOCC1. The van der Waals surface area contributed by atoms with Gasteiger partial charge in [-0.2, -0.15) is 0 Å². The molecule has 108 valence electrons. The quantitative estimate of drug-likeness (QED) is 0.660. The molecule has 2 rings (SSSR count). The summed E-state index contributed by atoms with van der Waals surface area (Å²) in [6.07, 6.45) is 0.919. The van der Waals surface area contributed by atoms with E-state index in [0.29, 0.717) is 38.5 Å². The molecule has 0 radical (unpaired) electrons. The van der Waals surface area contributed by atoms with Gasteiger partial charge >= 0.3 is 5.97 Å². The summed E-state index contributed by atoms with van der Waals surface area (Å²) >= 11 is 0. The summed E-state index contributed by atoms with van der Waals surface area (Å²) in [5, 5.41) is 15.4. The fourth-order valence-corrected chi connectivity index (χ4v) is 2.78. The molecular weight excluding hydrogens is 248 g/mol. The molecule has 6 nitrogen and oxygen atoms in total. The summed E-state index contributed by atoms with van der Waals surface area (Å²) < 4.78 is 5.21. The molecule has 1 amide bonds. The van der Waals surface area contributed by atoms with Crippen LogP contribution in [0.3, 0.4) is 0 Å². The molecule has 2 heterocycles. The van der Waals surface area contributed by atoms with Crippen LogP contribution in [-0.4, -0.2) is 49.8 Å². The topological polar surface area (TPSA) is 87.7 Å². The minimum Gasteiger partial charge on any atom is -0.481 e. The second-order valence-corrected chi connectivity index (χ2v) is 5.66. The lowest BCUT2D eigenvalue weighted by atomic mass is 9.80. The number of ether oxygens (including phenoxy) is 1. The summed E-state index contributed by atoms with van der Waals surface area (Å²) in [5.41, 5.74) is -0.858. The third-order valence-corrected chi connectivity index (χ3v) is 4.36. The van der Waals surface area contributed by atoms with Crippen LogP contribution in [0.1, 0.15) is 19.8 Å². The zero-order valence-electron chi connectivity index (χ0n) is 11.3. The van der Waals surface area contributed by atoms with Gasteiger partial charge in [-0.3, -0.25) is 9.59 Å². The number of carboxylic acid groups (broad SMARTS) is 1. The molecule has 0 saturated carbocycles. The number of carboxylic acids is 1. The van der Waals surface area contributed by atoms with E-state index in [-0.39, 0.29) is 18.4 Å². The number of carbonyl (C=O) groups excluding carboxylic acids is 1. The number of hydrogen-bond donors (Lipinski definition) is 3. The molecule has 19 heavy (non-hydrogen) atoms. The van der Waals surface area contributed by atoms with Crippen molar-refractivity contribution in [3.05, 3.63) is 0 Å². The first-order chi connectivity index (χ1) is 9.05. The largest absolute Gasteiger partial charge is 0.481 e. The second-order valence-electron chi connectivity index (χ2n) is 5.66. The van der Waals surface area contributed by atoms with Gasteiger partial charge in [0.25, 0.3) is 0 Å². The van der Waals surface area contributed by atoms with Crippen molar-refractivity contribution in [3.63, 3.8) is 0 Å². The molecule has 6 heteroatoms. The van der Waals surface area contributed by atoms with Crippen molar-refractivity contribution in [2.75, 3.05) is 32.8 Å². The Morgan fingerprint density at radius 3 is 2.58 bits per heavy atom. The Bertz CT molecular complexity index is 353. The van der Waals surface area contributed by atoms with Gasteiger partial charge in [0.15, 0.2) is 0 Å². The maximum Gasteiger partial charge on any atom is 0.311 e. The molecule has 0 aromatic carbocycles. The molecule has 2 aliphatic heterocycles. The van der Waals surface area contributed by atoms with Gasteiger partial charge in [-0.25, -0.2) is 0 Å². The van der Waals surface area contributed by atoms with Gasteiger partial charge in [0.2, 0.25) is 5.91 Å². The molecule has 0 aromatic rings. The van der Waals surface area contributed by atoms with Gasteiger partial charge in [-0.05, 0) is 25.3 Å². The molecule has 2 atom stereocenters. The molecule has 0 aromatic heterocycles. The van der Waals surface area contributed by atoms with E-state index in [0.717, 1.165) is 6.54 Å². The zero-order valence-corrected chi connectivity index (χ0v) is 11.3. The number of rotatable bonds is 4. The van der Waals surface area contributed by atoms with Crippen LogP contribution < -0.4 is 10.6 Å². The lowest BCUT2D eigenvalue weighted by Gasteiger charge is -2.33. The van der Waals surface area contributed by atoms with E-state index in [1.807, 2.05) is 6.92 Å². The van der Waals surface area contributed by atoms with Crippen LogP contribution in [-0.2, 0) is 14.3 Å². The van der Waals surface area contributed by atoms with Crippen LogP contribution in [0, 0.1) is 17.3 Å². The Labute approximate surface area is 112 Å². The summed E-state index contributed by atoms with van der Waals surface area (Å²) in [6.45, 7) is 4.65. The fourth-order valence-electron chi connectivity index (χ4n) is 2.78. The first-order valence-electron chi connectivity index (χ1n) is 6.85. The molecular formula is C13H22N2O4. The Hall–Kier alpha value is -1.14. The number of hydrogen-bond acceptors (Lipinski definition) is 4. The smallest absolute Gasteiger partial charge is 0.311 e. The number of nitrogens with one attached hydrogen (secondary N) is 2. The van der Waals surface area contributed by atoms with E-state index in [4.69, 9.17) is 4.74 Å². The van der Waals surface area contributed by atoms with Crippen LogP contribution in [0.2, 0.25) is 0 Å². The highest BCUT2D eigenvalue weighted by atomic mass is 16.5. The lowest BCUT2D eigenvalue weighted by molar-refractivity contribution is -0.154. The standard InChI is InChI=1S/C13H22N2O4/c1-9-6-14-7-10(9)11(16)15-8-13(12(17)18)2-4-19-5-3-13/h9-10,14H,2-8H2,1H3,(H,15,16)(H,17,18). The third-order valence-electron chi connectivity index (χ3n) is 4.36. The van der Waals surface area contributed by atoms with Crippen molar-refractivity contribution in [2.45, 2.75) is 19.8 Å². The van der Waals surface area contributed by atoms with Gasteiger partial charge < -0.3 is 20.5 Å². The van der Waals surface area contributed by atoms with Crippen molar-refractivity contribution in [1.29, 1.82) is 0 Å². The van der Waals surface area contributed by atoms with Crippen molar-refractivity contribution in [3.8, 4) is 0 Å². The minimum absolute atomic E-state index is 0.0374. The maximum atomic E-state index is 12.1. The number of carbonyl (C=O) groups is 2. The van der Waals surface area contributed by atoms with E-state index >= 15 is 0 Å².